The summed E-state index contributed by atoms with van der Waals surface area (Å²) >= 11 is 0. The third-order valence-electron chi connectivity index (χ3n) is 2.67. The highest BCUT2D eigenvalue weighted by Gasteiger charge is 2.09. The van der Waals surface area contributed by atoms with Gasteiger partial charge in [-0.1, -0.05) is 6.07 Å². The van der Waals surface area contributed by atoms with E-state index < -0.39 is 0 Å². The standard InChI is InChI=1S/C12H16N2O/c1-8-6-10(3)11(7-9(8)2)14-12-13-4-5-15-12/h6-7H,4-5H2,1-3H3,(H,13,14). The monoisotopic (exact) mass is 204 g/mol. The van der Waals surface area contributed by atoms with Gasteiger partial charge >= 0.3 is 0 Å². The second-order valence-corrected chi connectivity index (χ2v) is 3.91. The number of rotatable bonds is 1. The smallest absolute Gasteiger partial charge is 0.289 e. The van der Waals surface area contributed by atoms with Crippen molar-refractivity contribution in [2.24, 2.45) is 4.99 Å². The molecule has 1 aromatic carbocycles. The topological polar surface area (TPSA) is 33.6 Å². The third kappa shape index (κ3) is 2.12. The molecule has 3 nitrogen and oxygen atoms in total. The minimum Gasteiger partial charge on any atom is -0.463 e. The van der Waals surface area contributed by atoms with Crippen LogP contribution in [0.3, 0.4) is 0 Å². The highest BCUT2D eigenvalue weighted by Crippen LogP contribution is 2.20. The van der Waals surface area contributed by atoms with E-state index in [-0.39, 0.29) is 0 Å². The molecule has 0 aliphatic carbocycles. The van der Waals surface area contributed by atoms with Crippen LogP contribution in [0.25, 0.3) is 0 Å². The lowest BCUT2D eigenvalue weighted by Crippen LogP contribution is -2.13. The van der Waals surface area contributed by atoms with Crippen molar-refractivity contribution in [2.75, 3.05) is 18.5 Å². The Morgan fingerprint density at radius 2 is 1.87 bits per heavy atom. The molecule has 0 bridgehead atoms. The Labute approximate surface area is 90.2 Å². The number of hydrogen-bond donors (Lipinski definition) is 1. The van der Waals surface area contributed by atoms with Gasteiger partial charge < -0.3 is 10.1 Å². The zero-order chi connectivity index (χ0) is 10.8. The van der Waals surface area contributed by atoms with Crippen molar-refractivity contribution in [3.05, 3.63) is 28.8 Å². The molecule has 0 unspecified atom stereocenters. The molecule has 0 aromatic heterocycles. The van der Waals surface area contributed by atoms with E-state index in [0.717, 1.165) is 12.2 Å². The summed E-state index contributed by atoms with van der Waals surface area (Å²) in [5.74, 6) is 0. The second-order valence-electron chi connectivity index (χ2n) is 3.91. The predicted molar refractivity (Wildman–Crippen MR) is 62.5 cm³/mol. The largest absolute Gasteiger partial charge is 0.463 e. The molecular weight excluding hydrogens is 188 g/mol. The van der Waals surface area contributed by atoms with Crippen molar-refractivity contribution < 1.29 is 4.74 Å². The quantitative estimate of drug-likeness (QED) is 0.762. The SMILES string of the molecule is Cc1cc(C)c(NC2=NCCO2)cc1C. The molecule has 1 aliphatic heterocycles. The highest BCUT2D eigenvalue weighted by molar-refractivity contribution is 5.90. The average Bonchev–Trinajstić information content (AvgIpc) is 2.67. The van der Waals surface area contributed by atoms with Crippen LogP contribution >= 0.6 is 0 Å². The van der Waals surface area contributed by atoms with E-state index >= 15 is 0 Å². The molecule has 15 heavy (non-hydrogen) atoms. The van der Waals surface area contributed by atoms with E-state index in [0.29, 0.717) is 12.6 Å². The molecule has 0 saturated carbocycles. The van der Waals surface area contributed by atoms with Gasteiger partial charge in [-0.05, 0) is 43.5 Å². The number of ether oxygens (including phenoxy) is 1. The van der Waals surface area contributed by atoms with Crippen LogP contribution in [0.4, 0.5) is 5.69 Å². The van der Waals surface area contributed by atoms with Crippen molar-refractivity contribution in [1.82, 2.24) is 0 Å². The summed E-state index contributed by atoms with van der Waals surface area (Å²) < 4.78 is 5.32. The summed E-state index contributed by atoms with van der Waals surface area (Å²) in [6.07, 6.45) is 0. The van der Waals surface area contributed by atoms with E-state index in [4.69, 9.17) is 4.74 Å². The minimum atomic E-state index is 0.640. The third-order valence-corrected chi connectivity index (χ3v) is 2.67. The first-order chi connectivity index (χ1) is 7.16. The van der Waals surface area contributed by atoms with Crippen LogP contribution in [-0.4, -0.2) is 19.2 Å². The fraction of sp³-hybridized carbons (Fsp3) is 0.417. The Hall–Kier alpha value is -1.51. The lowest BCUT2D eigenvalue weighted by atomic mass is 10.1. The van der Waals surface area contributed by atoms with E-state index in [1.54, 1.807) is 0 Å². The number of aryl methyl sites for hydroxylation is 3. The first-order valence-electron chi connectivity index (χ1n) is 5.19. The molecule has 0 radical (unpaired) electrons. The van der Waals surface area contributed by atoms with Gasteiger partial charge in [0, 0.05) is 5.69 Å². The Morgan fingerprint density at radius 1 is 1.13 bits per heavy atom. The van der Waals surface area contributed by atoms with Gasteiger partial charge in [0.15, 0.2) is 0 Å². The number of nitrogens with one attached hydrogen (secondary N) is 1. The Morgan fingerprint density at radius 3 is 2.53 bits per heavy atom. The number of amidine groups is 1. The van der Waals surface area contributed by atoms with Crippen molar-refractivity contribution in [3.63, 3.8) is 0 Å². The van der Waals surface area contributed by atoms with E-state index in [2.05, 4.69) is 43.2 Å². The van der Waals surface area contributed by atoms with Crippen LogP contribution in [0.5, 0.6) is 0 Å². The van der Waals surface area contributed by atoms with Crippen LogP contribution in [0.15, 0.2) is 17.1 Å². The number of aliphatic imine (C=N–C) groups is 1. The van der Waals surface area contributed by atoms with Crippen LogP contribution in [0, 0.1) is 20.8 Å². The zero-order valence-corrected chi connectivity index (χ0v) is 9.42. The van der Waals surface area contributed by atoms with Gasteiger partial charge in [0.1, 0.15) is 6.61 Å². The molecule has 0 fully saturated rings. The van der Waals surface area contributed by atoms with Crippen molar-refractivity contribution in [1.29, 1.82) is 0 Å². The summed E-state index contributed by atoms with van der Waals surface area (Å²) in [5.41, 5.74) is 4.89. The van der Waals surface area contributed by atoms with Gasteiger partial charge in [-0.2, -0.15) is 0 Å². The highest BCUT2D eigenvalue weighted by atomic mass is 16.5. The maximum atomic E-state index is 5.32. The average molecular weight is 204 g/mol. The zero-order valence-electron chi connectivity index (χ0n) is 9.42. The number of benzene rings is 1. The van der Waals surface area contributed by atoms with Crippen LogP contribution in [-0.2, 0) is 4.74 Å². The lowest BCUT2D eigenvalue weighted by molar-refractivity contribution is 0.346. The van der Waals surface area contributed by atoms with E-state index in [1.165, 1.54) is 16.7 Å². The molecule has 0 atom stereocenters. The molecule has 3 heteroatoms. The Balaban J connectivity index is 2.24. The van der Waals surface area contributed by atoms with Gasteiger partial charge in [-0.15, -0.1) is 0 Å². The van der Waals surface area contributed by atoms with Gasteiger partial charge in [0.05, 0.1) is 6.54 Å². The van der Waals surface area contributed by atoms with Crippen LogP contribution < -0.4 is 5.32 Å². The van der Waals surface area contributed by atoms with Crippen LogP contribution in [0.2, 0.25) is 0 Å². The molecule has 1 aliphatic rings. The molecular formula is C12H16N2O. The van der Waals surface area contributed by atoms with Gasteiger partial charge in [-0.3, -0.25) is 0 Å². The summed E-state index contributed by atoms with van der Waals surface area (Å²) in [5, 5.41) is 3.20. The van der Waals surface area contributed by atoms with Gasteiger partial charge in [0.2, 0.25) is 0 Å². The summed E-state index contributed by atoms with van der Waals surface area (Å²) in [6, 6.07) is 4.95. The molecule has 0 saturated heterocycles. The number of anilines is 1. The fourth-order valence-corrected chi connectivity index (χ4v) is 1.62. The molecule has 0 spiro atoms. The Kier molecular flexibility index (Phi) is 2.62. The maximum absolute atomic E-state index is 5.32. The molecule has 80 valence electrons. The van der Waals surface area contributed by atoms with Gasteiger partial charge in [0.25, 0.3) is 6.02 Å². The van der Waals surface area contributed by atoms with Gasteiger partial charge in [-0.25, -0.2) is 4.99 Å². The molecule has 0 amide bonds. The van der Waals surface area contributed by atoms with E-state index in [1.807, 2.05) is 0 Å². The first-order valence-corrected chi connectivity index (χ1v) is 5.19. The molecule has 1 heterocycles. The normalized spacial score (nSPS) is 14.7. The predicted octanol–water partition coefficient (Wildman–Crippen LogP) is 2.41. The summed E-state index contributed by atoms with van der Waals surface area (Å²) in [6.45, 7) is 7.76. The number of hydrogen-bond acceptors (Lipinski definition) is 3. The maximum Gasteiger partial charge on any atom is 0.289 e. The fourth-order valence-electron chi connectivity index (χ4n) is 1.62. The van der Waals surface area contributed by atoms with Crippen molar-refractivity contribution in [3.8, 4) is 0 Å². The Bertz CT molecular complexity index is 410. The van der Waals surface area contributed by atoms with Crippen molar-refractivity contribution in [2.45, 2.75) is 20.8 Å². The minimum absolute atomic E-state index is 0.640. The molecule has 1 N–H and O–H groups in total. The lowest BCUT2D eigenvalue weighted by Gasteiger charge is -2.11. The van der Waals surface area contributed by atoms with E-state index in [9.17, 15) is 0 Å². The molecule has 2 rings (SSSR count). The second kappa shape index (κ2) is 3.93. The first kappa shape index (κ1) is 10.0. The number of nitrogens with zero attached hydrogens (tertiary/aromatic N) is 1. The van der Waals surface area contributed by atoms with Crippen LogP contribution in [0.1, 0.15) is 16.7 Å². The molecule has 1 aromatic rings. The van der Waals surface area contributed by atoms with Crippen molar-refractivity contribution >= 4 is 11.7 Å². The summed E-state index contributed by atoms with van der Waals surface area (Å²) in [7, 11) is 0. The summed E-state index contributed by atoms with van der Waals surface area (Å²) in [4.78, 5) is 4.21.